The molecule has 10 nitrogen and oxygen atoms in total. The van der Waals surface area contributed by atoms with E-state index >= 15 is 4.79 Å². The van der Waals surface area contributed by atoms with Crippen molar-refractivity contribution in [3.8, 4) is 0 Å². The van der Waals surface area contributed by atoms with Crippen molar-refractivity contribution >= 4 is 34.4 Å². The summed E-state index contributed by atoms with van der Waals surface area (Å²) in [6.45, 7) is 16.9. The Morgan fingerprint density at radius 1 is 1.00 bits per heavy atom. The second-order valence-electron chi connectivity index (χ2n) is 16.1. The first-order chi connectivity index (χ1) is 21.2. The van der Waals surface area contributed by atoms with Gasteiger partial charge in [-0.25, -0.2) is 4.79 Å². The summed E-state index contributed by atoms with van der Waals surface area (Å²) in [7, 11) is -5.12. The van der Waals surface area contributed by atoms with E-state index in [9.17, 15) is 19.8 Å². The molecule has 2 unspecified atom stereocenters. The summed E-state index contributed by atoms with van der Waals surface area (Å²) in [5, 5.41) is 24.9. The summed E-state index contributed by atoms with van der Waals surface area (Å²) < 4.78 is 32.9. The summed E-state index contributed by atoms with van der Waals surface area (Å²) in [5.41, 5.74) is -4.00. The van der Waals surface area contributed by atoms with Crippen molar-refractivity contribution in [1.82, 2.24) is 0 Å². The molecule has 252 valence electrons. The second-order valence-corrected chi connectivity index (χ2v) is 25.0. The van der Waals surface area contributed by atoms with Crippen LogP contribution in [0.15, 0.2) is 41.5 Å². The fourth-order valence-electron chi connectivity index (χ4n) is 9.70. The minimum atomic E-state index is -2.61. The van der Waals surface area contributed by atoms with Crippen molar-refractivity contribution in [2.75, 3.05) is 6.61 Å². The Hall–Kier alpha value is -2.20. The predicted molar refractivity (Wildman–Crippen MR) is 173 cm³/mol. The molecular weight excluding hydrogens is 625 g/mol. The Balaban J connectivity index is 1.70. The van der Waals surface area contributed by atoms with Crippen LogP contribution < -0.4 is 0 Å². The fraction of sp³-hybridized carbons (Fsp3) is 0.676. The van der Waals surface area contributed by atoms with Crippen molar-refractivity contribution in [3.05, 3.63) is 47.0 Å². The minimum absolute atomic E-state index is 0.0513. The molecule has 6 rings (SSSR count). The molecular formula is C34H48O10Si2. The smallest absolute Gasteiger partial charge is 0.338 e. The number of hydrogen-bond donors (Lipinski definition) is 2. The van der Waals surface area contributed by atoms with Crippen LogP contribution in [0.5, 0.6) is 0 Å². The van der Waals surface area contributed by atoms with E-state index in [0.29, 0.717) is 16.8 Å². The molecule has 12 heteroatoms. The Morgan fingerprint density at radius 3 is 2.22 bits per heavy atom. The average molecular weight is 673 g/mol. The van der Waals surface area contributed by atoms with Crippen molar-refractivity contribution in [2.24, 2.45) is 16.7 Å². The van der Waals surface area contributed by atoms with Crippen LogP contribution in [0.2, 0.25) is 31.9 Å². The highest BCUT2D eigenvalue weighted by molar-refractivity contribution is 6.89. The molecule has 2 heterocycles. The van der Waals surface area contributed by atoms with E-state index in [1.807, 2.05) is 13.8 Å². The molecule has 2 aliphatic heterocycles. The lowest BCUT2D eigenvalue weighted by Gasteiger charge is -2.68. The number of aliphatic hydroxyl groups excluding tert-OH is 1. The normalized spacial score (nSPS) is 42.1. The van der Waals surface area contributed by atoms with E-state index in [2.05, 4.69) is 26.2 Å². The zero-order valence-corrected chi connectivity index (χ0v) is 30.3. The molecule has 2 saturated carbocycles. The van der Waals surface area contributed by atoms with Gasteiger partial charge in [0.25, 0.3) is 0 Å². The number of hydrogen-bond acceptors (Lipinski definition) is 10. The van der Waals surface area contributed by atoms with Gasteiger partial charge < -0.3 is 33.3 Å². The van der Waals surface area contributed by atoms with Gasteiger partial charge in [-0.2, -0.15) is 0 Å². The molecule has 0 spiro atoms. The lowest BCUT2D eigenvalue weighted by atomic mass is 9.44. The van der Waals surface area contributed by atoms with E-state index in [0.717, 1.165) is 0 Å². The van der Waals surface area contributed by atoms with Crippen LogP contribution in [0.3, 0.4) is 0 Å². The van der Waals surface area contributed by atoms with Crippen LogP contribution in [0, 0.1) is 16.7 Å². The maximum absolute atomic E-state index is 15.6. The second kappa shape index (κ2) is 10.7. The maximum atomic E-state index is 15.6. The van der Waals surface area contributed by atoms with Gasteiger partial charge in [0, 0.05) is 25.2 Å². The average Bonchev–Trinajstić information content (AvgIpc) is 2.95. The Bertz CT molecular complexity index is 1490. The number of carbonyl (C=O) groups is 3. The molecule has 46 heavy (non-hydrogen) atoms. The van der Waals surface area contributed by atoms with Crippen molar-refractivity contribution < 1.29 is 47.7 Å². The number of carbonyl (C=O) groups excluding carboxylic acids is 3. The standard InChI is InChI=1S/C34H48O10Si2/c1-19-22(36)16-34(39)29(41-30(38)21-13-11-10-12-14-21)27-32(5)23(15-24-33(27,17-40-24)42-20(2)35)43-45(6,7)18-46(8,9)44-26(28(32)37)25(19)31(34,3)4/h10-14,22-24,26-27,29,36,39H,15-18H2,1-9H3/t22-,23-,24+,26+,27?,29?,32+,33-,34+/m0/s1. The first kappa shape index (κ1) is 33.7. The van der Waals surface area contributed by atoms with Gasteiger partial charge in [0.05, 0.1) is 35.7 Å². The lowest BCUT2D eigenvalue weighted by molar-refractivity contribution is -0.344. The fourth-order valence-corrected chi connectivity index (χ4v) is 20.5. The Morgan fingerprint density at radius 2 is 1.63 bits per heavy atom. The third kappa shape index (κ3) is 4.77. The number of benzene rings is 1. The van der Waals surface area contributed by atoms with Gasteiger partial charge in [-0.15, -0.1) is 0 Å². The van der Waals surface area contributed by atoms with Crippen LogP contribution in [0.4, 0.5) is 0 Å². The summed E-state index contributed by atoms with van der Waals surface area (Å²) in [4.78, 5) is 42.5. The minimum Gasteiger partial charge on any atom is -0.455 e. The lowest BCUT2D eigenvalue weighted by Crippen LogP contribution is -2.82. The first-order valence-corrected chi connectivity index (χ1v) is 22.5. The number of ketones is 1. The molecule has 0 radical (unpaired) electrons. The Labute approximate surface area is 273 Å². The maximum Gasteiger partial charge on any atom is 0.338 e. The molecule has 3 aliphatic carbocycles. The van der Waals surface area contributed by atoms with Crippen LogP contribution in [0.25, 0.3) is 0 Å². The molecule has 0 amide bonds. The number of fused-ring (bicyclic) bond motifs is 6. The monoisotopic (exact) mass is 672 g/mol. The van der Waals surface area contributed by atoms with Gasteiger partial charge in [0.1, 0.15) is 23.9 Å². The zero-order valence-electron chi connectivity index (χ0n) is 28.3. The molecule has 4 fully saturated rings. The topological polar surface area (TPSA) is 138 Å². The highest BCUT2D eigenvalue weighted by Gasteiger charge is 2.78. The van der Waals surface area contributed by atoms with Crippen molar-refractivity contribution in [3.63, 3.8) is 0 Å². The molecule has 9 atom stereocenters. The molecule has 1 aromatic rings. The molecule has 1 aromatic carbocycles. The van der Waals surface area contributed by atoms with Gasteiger partial charge in [-0.05, 0) is 69.0 Å². The van der Waals surface area contributed by atoms with E-state index < -0.39 is 87.0 Å². The third-order valence-electron chi connectivity index (χ3n) is 11.6. The molecule has 5 aliphatic rings. The molecule has 4 bridgehead atoms. The molecule has 2 N–H and O–H groups in total. The highest BCUT2D eigenvalue weighted by atomic mass is 28.4. The largest absolute Gasteiger partial charge is 0.455 e. The highest BCUT2D eigenvalue weighted by Crippen LogP contribution is 2.65. The van der Waals surface area contributed by atoms with Crippen LogP contribution in [-0.4, -0.2) is 92.9 Å². The van der Waals surface area contributed by atoms with Crippen molar-refractivity contribution in [1.29, 1.82) is 0 Å². The van der Waals surface area contributed by atoms with E-state index in [4.69, 9.17) is 23.1 Å². The SMILES string of the molecule is CC(=O)O[C@@]12CO[C@@H]1C[C@@H]1O[Si](C)(C)C[Si](C)(C)O[C@H]3C(=O)[C@@]1(C)C2C(OC(=O)c1ccccc1)[C@]1(O)C[C@H](O)C(C)=C3C1(C)C. The van der Waals surface area contributed by atoms with Gasteiger partial charge in [-0.3, -0.25) is 9.59 Å². The van der Waals surface area contributed by atoms with Gasteiger partial charge in [0.2, 0.25) is 0 Å². The quantitative estimate of drug-likeness (QED) is 0.274. The van der Waals surface area contributed by atoms with Crippen LogP contribution >= 0.6 is 0 Å². The third-order valence-corrected chi connectivity index (χ3v) is 20.2. The molecule has 2 saturated heterocycles. The summed E-state index contributed by atoms with van der Waals surface area (Å²) in [6.07, 6.45) is -4.94. The first-order valence-electron chi connectivity index (χ1n) is 16.3. The van der Waals surface area contributed by atoms with Gasteiger partial charge in [0.15, 0.2) is 28.0 Å². The zero-order chi connectivity index (χ0) is 33.8. The summed E-state index contributed by atoms with van der Waals surface area (Å²) in [6, 6.07) is 8.45. The van der Waals surface area contributed by atoms with E-state index in [-0.39, 0.29) is 30.8 Å². The summed E-state index contributed by atoms with van der Waals surface area (Å²) >= 11 is 0. The van der Waals surface area contributed by atoms with E-state index in [1.165, 1.54) is 6.92 Å². The molecule has 0 aromatic heterocycles. The number of ether oxygens (including phenoxy) is 3. The van der Waals surface area contributed by atoms with Crippen molar-refractivity contribution in [2.45, 2.75) is 121 Å². The van der Waals surface area contributed by atoms with Gasteiger partial charge in [-0.1, -0.05) is 32.0 Å². The van der Waals surface area contributed by atoms with E-state index in [1.54, 1.807) is 44.2 Å². The number of aliphatic hydroxyl groups is 2. The number of esters is 2. The van der Waals surface area contributed by atoms with Crippen LogP contribution in [0.1, 0.15) is 57.8 Å². The number of Topliss-reactive ketones (excluding diaryl/α,β-unsaturated/α-hetero) is 1. The number of rotatable bonds is 3. The van der Waals surface area contributed by atoms with Gasteiger partial charge >= 0.3 is 11.9 Å². The predicted octanol–water partition coefficient (Wildman–Crippen LogP) is 4.09. The Kier molecular flexibility index (Phi) is 7.80. The summed E-state index contributed by atoms with van der Waals surface area (Å²) in [5.74, 6) is -2.67. The van der Waals surface area contributed by atoms with Crippen LogP contribution in [-0.2, 0) is 32.7 Å².